The summed E-state index contributed by atoms with van der Waals surface area (Å²) in [5.41, 5.74) is 0.279. The second kappa shape index (κ2) is 8.49. The fourth-order valence-corrected chi connectivity index (χ4v) is 5.68. The van der Waals surface area contributed by atoms with Crippen molar-refractivity contribution in [1.82, 2.24) is 29.1 Å². The van der Waals surface area contributed by atoms with Gasteiger partial charge in [-0.15, -0.1) is 0 Å². The van der Waals surface area contributed by atoms with Crippen LogP contribution in [0, 0.1) is 5.82 Å². The minimum absolute atomic E-state index is 0.00271. The predicted octanol–water partition coefficient (Wildman–Crippen LogP) is 3.58. The van der Waals surface area contributed by atoms with Gasteiger partial charge in [-0.2, -0.15) is 5.10 Å². The lowest BCUT2D eigenvalue weighted by atomic mass is 10.1. The van der Waals surface area contributed by atoms with Gasteiger partial charge in [-0.25, -0.2) is 23.3 Å². The number of H-pyrrole nitrogens is 1. The maximum atomic E-state index is 15.0. The lowest BCUT2D eigenvalue weighted by Crippen LogP contribution is -2.33. The lowest BCUT2D eigenvalue weighted by molar-refractivity contribution is 0.354. The second-order valence-corrected chi connectivity index (χ2v) is 10.2. The largest absolute Gasteiger partial charge is 0.345 e. The van der Waals surface area contributed by atoms with E-state index >= 15 is 4.39 Å². The van der Waals surface area contributed by atoms with E-state index in [2.05, 4.69) is 20.1 Å². The molecule has 0 amide bonds. The maximum absolute atomic E-state index is 15.0. The Bertz CT molecular complexity index is 1730. The molecule has 0 aliphatic carbocycles. The first-order chi connectivity index (χ1) is 17.3. The van der Waals surface area contributed by atoms with E-state index in [0.717, 1.165) is 0 Å². The van der Waals surface area contributed by atoms with Gasteiger partial charge >= 0.3 is 0 Å². The summed E-state index contributed by atoms with van der Waals surface area (Å²) in [6.07, 6.45) is 4.73. The summed E-state index contributed by atoms with van der Waals surface area (Å²) in [6, 6.07) is 6.30. The van der Waals surface area contributed by atoms with E-state index in [1.165, 1.54) is 52.1 Å². The number of nitrogens with one attached hydrogen (secondary N) is 1. The Morgan fingerprint density at radius 2 is 2.08 bits per heavy atom. The molecule has 0 unspecified atom stereocenters. The van der Waals surface area contributed by atoms with E-state index in [0.29, 0.717) is 21.7 Å². The summed E-state index contributed by atoms with van der Waals surface area (Å²) in [5, 5.41) is 5.33. The zero-order valence-corrected chi connectivity index (χ0v) is 20.3. The summed E-state index contributed by atoms with van der Waals surface area (Å²) in [4.78, 5) is 27.4. The number of alkyl halides is 1. The molecule has 0 radical (unpaired) electrons. The first-order valence-corrected chi connectivity index (χ1v) is 12.9. The molecule has 1 aromatic carbocycles. The van der Waals surface area contributed by atoms with Gasteiger partial charge < -0.3 is 9.88 Å². The van der Waals surface area contributed by atoms with E-state index in [9.17, 15) is 13.4 Å². The van der Waals surface area contributed by atoms with Crippen LogP contribution in [0.2, 0.25) is 5.02 Å². The first kappa shape index (κ1) is 22.8. The van der Waals surface area contributed by atoms with Gasteiger partial charge in [0.05, 0.1) is 44.4 Å². The molecule has 6 rings (SSSR count). The van der Waals surface area contributed by atoms with Crippen molar-refractivity contribution >= 4 is 44.8 Å². The molecule has 1 aliphatic rings. The van der Waals surface area contributed by atoms with Crippen LogP contribution in [-0.2, 0) is 10.8 Å². The standard InChI is InChI=1S/C23H18ClF2N7O2S/c1-36(35)17-9-27-20-18(17)22(29-11-28-20)31-10-13(26)8-16(31)21-30-32-6-5-15(24)19(32)23(34)33(21)14-4-2-3-12(25)7-14/h2-7,9,11,13,16H,8,10H2,1H3,(H,27,28,29)/t13-,16-,36-/m0/s1. The number of anilines is 1. The van der Waals surface area contributed by atoms with Gasteiger partial charge in [0.1, 0.15) is 35.3 Å². The van der Waals surface area contributed by atoms with Crippen molar-refractivity contribution in [2.75, 3.05) is 17.7 Å². The second-order valence-electron chi connectivity index (χ2n) is 8.46. The Hall–Kier alpha value is -3.64. The molecule has 4 aromatic heterocycles. The SMILES string of the molecule is C[S@](=O)c1c[nH]c2ncnc(N3C[C@@H](F)C[C@H]3c3nn4ccc(Cl)c4c(=O)n3-c3cccc(F)c3)c12. The smallest absolute Gasteiger partial charge is 0.284 e. The Kier molecular flexibility index (Phi) is 5.38. The predicted molar refractivity (Wildman–Crippen MR) is 132 cm³/mol. The highest BCUT2D eigenvalue weighted by Gasteiger charge is 2.39. The number of fused-ring (bicyclic) bond motifs is 2. The van der Waals surface area contributed by atoms with Crippen LogP contribution in [0.25, 0.3) is 22.2 Å². The van der Waals surface area contributed by atoms with Crippen molar-refractivity contribution in [2.24, 2.45) is 0 Å². The van der Waals surface area contributed by atoms with Crippen LogP contribution in [0.15, 0.2) is 58.7 Å². The molecule has 1 N–H and O–H groups in total. The van der Waals surface area contributed by atoms with Crippen LogP contribution in [0.4, 0.5) is 14.6 Å². The molecule has 9 nitrogen and oxygen atoms in total. The van der Waals surface area contributed by atoms with Crippen LogP contribution in [0.5, 0.6) is 0 Å². The summed E-state index contributed by atoms with van der Waals surface area (Å²) in [7, 11) is -1.37. The van der Waals surface area contributed by atoms with Gasteiger partial charge in [0.15, 0.2) is 5.82 Å². The summed E-state index contributed by atoms with van der Waals surface area (Å²) < 4.78 is 44.2. The summed E-state index contributed by atoms with van der Waals surface area (Å²) >= 11 is 6.26. The fraction of sp³-hybridized carbons (Fsp3) is 0.217. The third-order valence-corrected chi connectivity index (χ3v) is 7.52. The molecule has 1 saturated heterocycles. The van der Waals surface area contributed by atoms with Gasteiger partial charge in [-0.3, -0.25) is 13.6 Å². The molecular weight excluding hydrogens is 512 g/mol. The van der Waals surface area contributed by atoms with E-state index in [4.69, 9.17) is 11.6 Å². The number of nitrogens with zero attached hydrogens (tertiary/aromatic N) is 6. The number of aromatic amines is 1. The lowest BCUT2D eigenvalue weighted by Gasteiger charge is -2.27. The highest BCUT2D eigenvalue weighted by atomic mass is 35.5. The van der Waals surface area contributed by atoms with Gasteiger partial charge in [0, 0.05) is 25.1 Å². The Morgan fingerprint density at radius 1 is 1.25 bits per heavy atom. The average molecular weight is 530 g/mol. The zero-order valence-electron chi connectivity index (χ0n) is 18.7. The van der Waals surface area contributed by atoms with Crippen molar-refractivity contribution in [1.29, 1.82) is 0 Å². The van der Waals surface area contributed by atoms with E-state index < -0.39 is 34.4 Å². The third-order valence-electron chi connectivity index (χ3n) is 6.27. The van der Waals surface area contributed by atoms with Crippen LogP contribution in [0.1, 0.15) is 18.3 Å². The molecule has 1 aliphatic heterocycles. The topological polar surface area (TPSA) is 101 Å². The van der Waals surface area contributed by atoms with Crippen molar-refractivity contribution in [3.63, 3.8) is 0 Å². The molecule has 5 aromatic rings. The minimum Gasteiger partial charge on any atom is -0.345 e. The third kappa shape index (κ3) is 3.51. The number of hydrogen-bond acceptors (Lipinski definition) is 6. The fourth-order valence-electron chi connectivity index (χ4n) is 4.75. The average Bonchev–Trinajstić information content (AvgIpc) is 3.55. The van der Waals surface area contributed by atoms with E-state index in [1.54, 1.807) is 17.2 Å². The van der Waals surface area contributed by atoms with Crippen molar-refractivity contribution in [3.8, 4) is 5.69 Å². The Balaban J connectivity index is 1.62. The van der Waals surface area contributed by atoms with Crippen molar-refractivity contribution in [3.05, 3.63) is 76.1 Å². The molecular formula is C23H18ClF2N7O2S. The summed E-state index contributed by atoms with van der Waals surface area (Å²) in [5.74, 6) is 0.00695. The van der Waals surface area contributed by atoms with Crippen LogP contribution >= 0.6 is 11.6 Å². The van der Waals surface area contributed by atoms with Crippen LogP contribution in [-0.4, -0.2) is 52.3 Å². The normalized spacial score (nSPS) is 18.9. The number of hydrogen-bond donors (Lipinski definition) is 1. The van der Waals surface area contributed by atoms with Crippen molar-refractivity contribution < 1.29 is 13.0 Å². The number of halogens is 3. The molecule has 0 saturated carbocycles. The van der Waals surface area contributed by atoms with Crippen LogP contribution in [0.3, 0.4) is 0 Å². The number of aromatic nitrogens is 6. The van der Waals surface area contributed by atoms with Gasteiger partial charge in [0.25, 0.3) is 5.56 Å². The quantitative estimate of drug-likeness (QED) is 0.382. The van der Waals surface area contributed by atoms with Gasteiger partial charge in [-0.05, 0) is 24.3 Å². The molecule has 184 valence electrons. The van der Waals surface area contributed by atoms with Crippen molar-refractivity contribution in [2.45, 2.75) is 23.5 Å². The maximum Gasteiger partial charge on any atom is 0.284 e. The Morgan fingerprint density at radius 3 is 2.86 bits per heavy atom. The first-order valence-electron chi connectivity index (χ1n) is 11.0. The molecule has 1 fully saturated rings. The number of benzene rings is 1. The zero-order chi connectivity index (χ0) is 25.1. The van der Waals surface area contributed by atoms with E-state index in [-0.39, 0.29) is 35.0 Å². The molecule has 5 heterocycles. The highest BCUT2D eigenvalue weighted by molar-refractivity contribution is 7.84. The molecule has 13 heteroatoms. The molecule has 0 spiro atoms. The van der Waals surface area contributed by atoms with Gasteiger partial charge in [0.2, 0.25) is 0 Å². The molecule has 0 bridgehead atoms. The molecule has 3 atom stereocenters. The minimum atomic E-state index is -1.37. The van der Waals surface area contributed by atoms with Gasteiger partial charge in [-0.1, -0.05) is 17.7 Å². The summed E-state index contributed by atoms with van der Waals surface area (Å²) in [6.45, 7) is -0.0404. The Labute approximate surface area is 209 Å². The molecule has 36 heavy (non-hydrogen) atoms. The van der Waals surface area contributed by atoms with E-state index in [1.807, 2.05) is 0 Å². The van der Waals surface area contributed by atoms with Crippen LogP contribution < -0.4 is 10.5 Å². The number of rotatable bonds is 4. The monoisotopic (exact) mass is 529 g/mol. The highest BCUT2D eigenvalue weighted by Crippen LogP contribution is 2.40.